The van der Waals surface area contributed by atoms with Crippen LogP contribution < -0.4 is 0 Å². The fourth-order valence-corrected chi connectivity index (χ4v) is 8.14. The summed E-state index contributed by atoms with van der Waals surface area (Å²) in [5, 5.41) is 3.51. The Morgan fingerprint density at radius 2 is 1.10 bits per heavy atom. The minimum atomic E-state index is -4.36. The van der Waals surface area contributed by atoms with Crippen molar-refractivity contribution in [2.75, 3.05) is 12.5 Å². The smallest absolute Gasteiger partial charge is 0.295 e. The van der Waals surface area contributed by atoms with Gasteiger partial charge in [-0.1, -0.05) is 66.7 Å². The van der Waals surface area contributed by atoms with Gasteiger partial charge >= 0.3 is 6.18 Å². The van der Waals surface area contributed by atoms with E-state index in [2.05, 4.69) is 107 Å². The average Bonchev–Trinajstić information content (AvgIpc) is 3.50. The highest BCUT2D eigenvalue weighted by Crippen LogP contribution is 2.59. The molecule has 0 saturated carbocycles. The van der Waals surface area contributed by atoms with E-state index in [0.717, 1.165) is 43.2 Å². The van der Waals surface area contributed by atoms with Gasteiger partial charge in [-0.3, -0.25) is 9.13 Å². The van der Waals surface area contributed by atoms with Crippen molar-refractivity contribution in [3.8, 4) is 11.4 Å². The normalized spacial score (nSPS) is 12.9. The zero-order valence-electron chi connectivity index (χ0n) is 22.6. The molecule has 0 N–H and O–H groups in total. The van der Waals surface area contributed by atoms with Gasteiger partial charge in [0.15, 0.2) is 0 Å². The molecule has 41 heavy (non-hydrogen) atoms. The highest BCUT2D eigenvalue weighted by Gasteiger charge is 2.31. The maximum absolute atomic E-state index is 13.4. The van der Waals surface area contributed by atoms with Gasteiger partial charge in [-0.25, -0.2) is 0 Å². The van der Waals surface area contributed by atoms with E-state index in [1.807, 2.05) is 18.2 Å². The zero-order chi connectivity index (χ0) is 28.4. The van der Waals surface area contributed by atoms with Crippen molar-refractivity contribution in [3.63, 3.8) is 0 Å². The van der Waals surface area contributed by atoms with Gasteiger partial charge in [0.2, 0.25) is 0 Å². The third-order valence-electron chi connectivity index (χ3n) is 7.92. The maximum Gasteiger partial charge on any atom is 0.416 e. The molecule has 0 radical (unpaired) electrons. The van der Waals surface area contributed by atoms with Crippen LogP contribution in [0.3, 0.4) is 0 Å². The number of hydrogen-bond acceptors (Lipinski definition) is 0. The van der Waals surface area contributed by atoms with E-state index in [-0.39, 0.29) is 0 Å². The Bertz CT molecular complexity index is 2050. The molecule has 0 aliphatic rings. The Hall–Kier alpha value is -4.42. The Morgan fingerprint density at radius 1 is 0.561 bits per heavy atom. The van der Waals surface area contributed by atoms with E-state index in [9.17, 15) is 13.2 Å². The lowest BCUT2D eigenvalue weighted by Crippen LogP contribution is -2.08. The van der Waals surface area contributed by atoms with Gasteiger partial charge in [0, 0.05) is 26.7 Å². The molecule has 0 aliphatic heterocycles. The molecule has 0 saturated heterocycles. The molecule has 6 heteroatoms. The zero-order valence-corrected chi connectivity index (χ0v) is 23.4. The highest BCUT2D eigenvalue weighted by atomic mass is 32.3. The van der Waals surface area contributed by atoms with Crippen LogP contribution >= 0.6 is 10.0 Å². The van der Waals surface area contributed by atoms with Crippen LogP contribution in [0.2, 0.25) is 0 Å². The maximum atomic E-state index is 13.4. The Labute approximate surface area is 237 Å². The van der Waals surface area contributed by atoms with E-state index in [0.29, 0.717) is 0 Å². The lowest BCUT2D eigenvalue weighted by molar-refractivity contribution is -0.137. The Kier molecular flexibility index (Phi) is 5.80. The minimum absolute atomic E-state index is 0.629. The molecule has 0 aliphatic carbocycles. The van der Waals surface area contributed by atoms with Crippen molar-refractivity contribution < 1.29 is 13.2 Å². The van der Waals surface area contributed by atoms with Crippen molar-refractivity contribution in [1.29, 1.82) is 0 Å². The number of nitrogens with zero attached hydrogens (tertiary/aromatic N) is 2. The first kappa shape index (κ1) is 25.5. The summed E-state index contributed by atoms with van der Waals surface area (Å²) in [7, 11) is -1.70. The molecule has 0 atom stereocenters. The third kappa shape index (κ3) is 3.97. The first-order valence-corrected chi connectivity index (χ1v) is 15.8. The molecule has 0 unspecified atom stereocenters. The third-order valence-corrected chi connectivity index (χ3v) is 10.8. The van der Waals surface area contributed by atoms with Gasteiger partial charge in [-0.2, -0.15) is 23.2 Å². The summed E-state index contributed by atoms with van der Waals surface area (Å²) < 4.78 is 44.7. The van der Waals surface area contributed by atoms with Crippen molar-refractivity contribution >= 4 is 42.9 Å². The average molecular weight is 565 g/mol. The largest absolute Gasteiger partial charge is 0.416 e. The first-order chi connectivity index (χ1) is 19.8. The summed E-state index contributed by atoms with van der Waals surface area (Å²) >= 11 is 0. The van der Waals surface area contributed by atoms with Crippen molar-refractivity contribution in [2.45, 2.75) is 16.0 Å². The fourth-order valence-electron chi connectivity index (χ4n) is 5.96. The predicted molar refractivity (Wildman–Crippen MR) is 165 cm³/mol. The van der Waals surface area contributed by atoms with Gasteiger partial charge < -0.3 is 0 Å². The van der Waals surface area contributed by atoms with Crippen LogP contribution in [0.15, 0.2) is 137 Å². The van der Waals surface area contributed by atoms with E-state index < -0.39 is 21.8 Å². The molecule has 0 fully saturated rings. The molecule has 2 heterocycles. The minimum Gasteiger partial charge on any atom is -0.295 e. The van der Waals surface area contributed by atoms with Crippen LogP contribution in [0.4, 0.5) is 13.2 Å². The summed E-state index contributed by atoms with van der Waals surface area (Å²) in [5.41, 5.74) is 4.73. The number of aromatic nitrogens is 2. The first-order valence-electron chi connectivity index (χ1n) is 13.3. The molecular formula is C35H27F3N2S. The quantitative estimate of drug-likeness (QED) is 0.201. The molecule has 204 valence electrons. The molecule has 5 aromatic carbocycles. The molecule has 0 spiro atoms. The second-order valence-corrected chi connectivity index (χ2v) is 14.1. The van der Waals surface area contributed by atoms with Gasteiger partial charge in [-0.05, 0) is 78.1 Å². The lowest BCUT2D eigenvalue weighted by Gasteiger charge is -2.34. The summed E-state index contributed by atoms with van der Waals surface area (Å²) in [6.45, 7) is 0. The van der Waals surface area contributed by atoms with Gasteiger partial charge in [0.25, 0.3) is 0 Å². The van der Waals surface area contributed by atoms with E-state index in [4.69, 9.17) is 0 Å². The molecule has 0 bridgehead atoms. The van der Waals surface area contributed by atoms with E-state index in [1.165, 1.54) is 22.9 Å². The SMILES string of the molecule is CS(C)(c1ccc(C(F)(F)F)cc1)c1ccccc1-n1c2ccccc2c2c3ccccc3n(-c3ccccc3)c21. The second kappa shape index (κ2) is 9.32. The Balaban J connectivity index is 1.57. The number of benzene rings is 5. The van der Waals surface area contributed by atoms with Crippen molar-refractivity contribution in [3.05, 3.63) is 133 Å². The molecular weight excluding hydrogens is 537 g/mol. The monoisotopic (exact) mass is 564 g/mol. The van der Waals surface area contributed by atoms with Crippen LogP contribution in [-0.4, -0.2) is 21.6 Å². The number of rotatable bonds is 4. The van der Waals surface area contributed by atoms with Crippen molar-refractivity contribution in [2.24, 2.45) is 0 Å². The van der Waals surface area contributed by atoms with Gasteiger partial charge in [-0.15, -0.1) is 0 Å². The number of halogens is 3. The molecule has 0 amide bonds. The summed E-state index contributed by atoms with van der Waals surface area (Å²) in [6.07, 6.45) is -0.0510. The topological polar surface area (TPSA) is 9.86 Å². The Morgan fingerprint density at radius 3 is 1.73 bits per heavy atom. The van der Waals surface area contributed by atoms with Crippen LogP contribution in [0.1, 0.15) is 5.56 Å². The van der Waals surface area contributed by atoms with Gasteiger partial charge in [0.1, 0.15) is 5.65 Å². The van der Waals surface area contributed by atoms with Crippen LogP contribution in [0.25, 0.3) is 44.2 Å². The lowest BCUT2D eigenvalue weighted by atomic mass is 10.1. The van der Waals surface area contributed by atoms with E-state index in [1.54, 1.807) is 12.1 Å². The number of alkyl halides is 3. The highest BCUT2D eigenvalue weighted by molar-refractivity contribution is 8.32. The van der Waals surface area contributed by atoms with Crippen LogP contribution in [0.5, 0.6) is 0 Å². The molecule has 7 aromatic rings. The second-order valence-electron chi connectivity index (χ2n) is 10.6. The predicted octanol–water partition coefficient (Wildman–Crippen LogP) is 10.2. The van der Waals surface area contributed by atoms with Gasteiger partial charge in [0.05, 0.1) is 22.3 Å². The van der Waals surface area contributed by atoms with Crippen LogP contribution in [0, 0.1) is 0 Å². The molecule has 7 rings (SSSR count). The fraction of sp³-hybridized carbons (Fsp3) is 0.0857. The van der Waals surface area contributed by atoms with E-state index >= 15 is 0 Å². The number of hydrogen-bond donors (Lipinski definition) is 0. The van der Waals surface area contributed by atoms with Crippen LogP contribution in [-0.2, 0) is 6.18 Å². The molecule has 2 aromatic heterocycles. The number of para-hydroxylation sites is 4. The summed E-state index contributed by atoms with van der Waals surface area (Å²) in [6, 6.07) is 41.3. The summed E-state index contributed by atoms with van der Waals surface area (Å²) in [5.74, 6) is 0. The number of fused-ring (bicyclic) bond motifs is 5. The van der Waals surface area contributed by atoms with Crippen molar-refractivity contribution in [1.82, 2.24) is 9.13 Å². The standard InChI is InChI=1S/C35H27F3N2S/c1-41(2,26-22-20-24(21-23-26)35(36,37)38)32-19-11-10-18-31(32)40-30-17-9-7-15-28(30)33-27-14-6-8-16-29(27)39(34(33)40)25-12-4-3-5-13-25/h3-23H,1-2H3. The summed E-state index contributed by atoms with van der Waals surface area (Å²) in [4.78, 5) is 2.00. The molecule has 2 nitrogen and oxygen atoms in total.